The predicted molar refractivity (Wildman–Crippen MR) is 490 cm³/mol. The Labute approximate surface area is 821 Å². The van der Waals surface area contributed by atoms with Gasteiger partial charge >= 0.3 is 35.9 Å². The lowest BCUT2D eigenvalue weighted by Crippen LogP contribution is -2.52. The van der Waals surface area contributed by atoms with Crippen molar-refractivity contribution in [3.05, 3.63) is 0 Å². The average Bonchev–Trinajstić information content (AvgIpc) is 0.900. The molecule has 8 heterocycles. The Morgan fingerprint density at radius 2 is 0.679 bits per heavy atom. The topological polar surface area (TPSA) is 740 Å². The van der Waals surface area contributed by atoms with Gasteiger partial charge in [-0.1, -0.05) is 6.92 Å². The lowest BCUT2D eigenvalue weighted by molar-refractivity contribution is -0.293. The third-order valence-electron chi connectivity index (χ3n) is 20.6. The maximum absolute atomic E-state index is 12.0. The van der Waals surface area contributed by atoms with E-state index in [1.807, 2.05) is 55.4 Å². The summed E-state index contributed by atoms with van der Waals surface area (Å²) >= 11 is 0. The van der Waals surface area contributed by atoms with Crippen LogP contribution in [0.2, 0.25) is 0 Å². The van der Waals surface area contributed by atoms with Crippen LogP contribution in [0, 0.1) is 0 Å². The van der Waals surface area contributed by atoms with Gasteiger partial charge in [0.1, 0.15) is 62.0 Å². The summed E-state index contributed by atoms with van der Waals surface area (Å²) in [4.78, 5) is 43.2. The molecule has 20 N–H and O–H groups in total. The highest BCUT2D eigenvalue weighted by atomic mass is 32.2. The zero-order valence-electron chi connectivity index (χ0n) is 85.1. The summed E-state index contributed by atoms with van der Waals surface area (Å²) in [5.74, 6) is -1.35. The van der Waals surface area contributed by atoms with Gasteiger partial charge in [0.05, 0.1) is 173 Å². The van der Waals surface area contributed by atoms with Gasteiger partial charge in [-0.05, 0) is 137 Å². The van der Waals surface area contributed by atoms with E-state index in [0.717, 1.165) is 20.6 Å². The molecule has 0 aliphatic carbocycles. The molecule has 0 aromatic rings. The summed E-state index contributed by atoms with van der Waals surface area (Å²) in [6.07, 6.45) is -26.0. The van der Waals surface area contributed by atoms with Gasteiger partial charge in [0.2, 0.25) is 5.91 Å². The SMILES string of the molecule is CC(=O)NC[C@@H]1C[C@@H](O)[C@@H](O)[C@H](OC(C)C)O1.CC(=O)OC[C@@H]1C[C@@H](O)[C@@H](O)[C@H](OC(C)C)O1.CC(C)O[C@@H]1O[C@H](COC(N)=O)C[C@@H](O)[C@H]1O.CCC1C[C@H](O)[C@H](O)C(OC(C)(C)C)O1.COC(=O)[C@@H]1C[C@@H](O)[C@@H](O)[C@H](OC(C)C)O1.COP(=O)(CC[C@@H]1C[C@@H](O)[C@@H](O)[C@H](OC(C)C)O1)OC.COS(=O)(=O)CC[C@@H]1C[C@@H](O)[C@@H](O)[C@H](OC(C)C)O1.COS(=O)(=O)NC[C@@H]1C[C@@H](O)[C@@H](O)[C@H](OC(C)C)O1. The van der Waals surface area contributed by atoms with Gasteiger partial charge in [-0.3, -0.25) is 22.5 Å². The Hall–Kier alpha value is -3.67. The van der Waals surface area contributed by atoms with E-state index in [2.05, 4.69) is 27.9 Å². The van der Waals surface area contributed by atoms with Crippen LogP contribution >= 0.6 is 7.60 Å². The Balaban J connectivity index is 0.000000801. The number of rotatable bonds is 36. The minimum Gasteiger partial charge on any atom is -0.467 e. The molecule has 2 unspecified atom stereocenters. The molecule has 0 spiro atoms. The zero-order valence-corrected chi connectivity index (χ0v) is 87.6. The maximum atomic E-state index is 12.0. The standard InChI is InChI=1S/C12H25O7P.C11H21NO5.C11H22O7S.C11H20O6.C11H22O4.C10H21NO7S.C10H19NO6.C10H18O6/c1-8(2)18-12-11(14)10(13)7-9(19-12)5-6-20(15,16-3)17-4;1-6(2)16-11-10(15)9(14)4-8(17-11)5-12-7(3)13;1-7(2)17-11-10(13)9(12)6-8(18-11)4-5-19(14,15)16-3;1-6(2)16-11-10(14)9(13)4-8(17-11)5-15-7(3)12;1-5-7-6-8(12)9(13)10(14-7)15-11(2,3)4;1-6(2)17-10-9(13)8(12)4-7(18-10)5-11-19(14,15)16-3;1-5(2)16-9-8(13)7(12)3-6(17-9)4-15-10(11)14;1-5(2)15-10-8(12)6(11)4-7(16-10)9(13)14-3/h8-14H,5-7H2,1-4H3;6,8-11,14-15H,4-5H2,1-3H3,(H,12,13);7-13H,4-6H2,1-3H3;6,8-11,13-14H,4-5H2,1-3H3;7-10,12-13H,5-6H2,1-4H3;6-13H,4-5H2,1-3H3;5-9,12-13H,3-4H2,1-2H3,(H2,11,14);5-8,10-12H,4H2,1-3H3/t9-,10-,11-,12-;8-,9+,10+,11+;8-,9-,10-,11-;8-,9+,10+,11+;7?,8-,9-,10?;7-,8+,9+,10+;6-,7+,8+,9+;6-,7+,8-,10-/m10100001/s1. The van der Waals surface area contributed by atoms with Crippen LogP contribution in [0.4, 0.5) is 4.79 Å². The minimum absolute atomic E-state index is 0.00575. The van der Waals surface area contributed by atoms with E-state index in [9.17, 15) is 122 Å². The number of hydrogen-bond acceptors (Lipinski definition) is 48. The van der Waals surface area contributed by atoms with Gasteiger partial charge in [-0.2, -0.15) is 21.6 Å². The van der Waals surface area contributed by atoms with Crippen molar-refractivity contribution in [1.82, 2.24) is 10.0 Å². The number of ether oxygens (including phenoxy) is 19. The number of aliphatic hydroxyl groups is 16. The van der Waals surface area contributed by atoms with Crippen LogP contribution < -0.4 is 15.8 Å². The number of methoxy groups -OCH3 is 1. The number of esters is 2. The van der Waals surface area contributed by atoms with Crippen LogP contribution in [0.25, 0.3) is 0 Å². The van der Waals surface area contributed by atoms with E-state index < -0.39 is 225 Å². The molecule has 140 heavy (non-hydrogen) atoms. The van der Waals surface area contributed by atoms with Crippen molar-refractivity contribution >= 4 is 52.0 Å². The minimum atomic E-state index is -3.81. The lowest BCUT2D eigenvalue weighted by atomic mass is 10.0. The quantitative estimate of drug-likeness (QED) is 0.0147. The molecule has 0 saturated carbocycles. The van der Waals surface area contributed by atoms with Crippen LogP contribution in [-0.4, -0.2) is 441 Å². The Morgan fingerprint density at radius 3 is 0.979 bits per heavy atom. The van der Waals surface area contributed by atoms with Crippen LogP contribution in [0.1, 0.15) is 209 Å². The highest BCUT2D eigenvalue weighted by Gasteiger charge is 2.47. The molecule has 32 atom stereocenters. The normalized spacial score (nSPS) is 33.8. The third kappa shape index (κ3) is 54.0. The zero-order chi connectivity index (χ0) is 108. The number of nitrogens with two attached hydrogens (primary N) is 1. The molecule has 0 aromatic heterocycles. The molecular weight excluding hydrogens is 1940 g/mol. The van der Waals surface area contributed by atoms with Crippen LogP contribution in [0.3, 0.4) is 0 Å². The smallest absolute Gasteiger partial charge is 0.404 e. The fourth-order valence-electron chi connectivity index (χ4n) is 13.6. The predicted octanol–water partition coefficient (Wildman–Crippen LogP) is -1.52. The molecule has 8 saturated heterocycles. The summed E-state index contributed by atoms with van der Waals surface area (Å²) in [6, 6.07) is 0. The monoisotopic (exact) mass is 2110 g/mol. The number of carbonyl (C=O) groups is 4. The largest absolute Gasteiger partial charge is 0.467 e. The number of carbonyl (C=O) groups excluding carboxylic acids is 4. The molecule has 2 amide bonds. The van der Waals surface area contributed by atoms with Crippen molar-refractivity contribution < 1.29 is 230 Å². The third-order valence-corrected chi connectivity index (χ3v) is 24.7. The maximum Gasteiger partial charge on any atom is 0.404 e. The number of aliphatic hydroxyl groups excluding tert-OH is 16. The highest BCUT2D eigenvalue weighted by Crippen LogP contribution is 2.48. The van der Waals surface area contributed by atoms with E-state index in [1.54, 1.807) is 69.2 Å². The Kier molecular flexibility index (Phi) is 64.0. The van der Waals surface area contributed by atoms with Gasteiger partial charge < -0.3 is 192 Å². The van der Waals surface area contributed by atoms with Crippen molar-refractivity contribution in [2.45, 2.75) is 454 Å². The first-order chi connectivity index (χ1) is 64.8. The first-order valence-electron chi connectivity index (χ1n) is 46.6. The Bertz CT molecular complexity index is 3460. The Morgan fingerprint density at radius 1 is 0.393 bits per heavy atom. The number of primary amides is 1. The first kappa shape index (κ1) is 134. The molecule has 8 aliphatic heterocycles. The highest BCUT2D eigenvalue weighted by molar-refractivity contribution is 7.86. The number of hydrogen-bond donors (Lipinski definition) is 19. The van der Waals surface area contributed by atoms with E-state index in [-0.39, 0.29) is 156 Å². The van der Waals surface area contributed by atoms with E-state index in [0.29, 0.717) is 19.4 Å². The van der Waals surface area contributed by atoms with Crippen molar-refractivity contribution in [3.63, 3.8) is 0 Å². The summed E-state index contributed by atoms with van der Waals surface area (Å²) in [7, 11) is -4.43. The summed E-state index contributed by atoms with van der Waals surface area (Å²) in [5.41, 5.74) is 4.44. The van der Waals surface area contributed by atoms with E-state index in [4.69, 9.17) is 95.3 Å². The van der Waals surface area contributed by atoms with Crippen molar-refractivity contribution in [2.24, 2.45) is 5.73 Å². The molecule has 0 aromatic carbocycles. The molecule has 0 bridgehead atoms. The van der Waals surface area contributed by atoms with Crippen LogP contribution in [0.15, 0.2) is 0 Å². The van der Waals surface area contributed by atoms with Gasteiger partial charge in [0.25, 0.3) is 10.1 Å². The molecular formula is C86H168N3O48PS2. The van der Waals surface area contributed by atoms with E-state index in [1.165, 1.54) is 35.2 Å². The molecule has 8 rings (SSSR count). The lowest BCUT2D eigenvalue weighted by Gasteiger charge is -2.39. The van der Waals surface area contributed by atoms with E-state index >= 15 is 0 Å². The van der Waals surface area contributed by atoms with Crippen molar-refractivity contribution in [3.8, 4) is 0 Å². The molecule has 54 heteroatoms. The van der Waals surface area contributed by atoms with Crippen molar-refractivity contribution in [2.75, 3.05) is 73.8 Å². The van der Waals surface area contributed by atoms with Crippen LogP contribution in [-0.2, 0) is 147 Å². The second-order valence-corrected chi connectivity index (χ2v) is 42.5. The summed E-state index contributed by atoms with van der Waals surface area (Å²) < 4.78 is 177. The van der Waals surface area contributed by atoms with Crippen molar-refractivity contribution in [1.29, 1.82) is 0 Å². The first-order valence-corrected chi connectivity index (χ1v) is 51.3. The van der Waals surface area contributed by atoms with Gasteiger partial charge in [0.15, 0.2) is 56.4 Å². The molecule has 0 radical (unpaired) electrons. The summed E-state index contributed by atoms with van der Waals surface area (Å²) in [5, 5.41) is 158. The van der Waals surface area contributed by atoms with Gasteiger partial charge in [-0.25, -0.2) is 9.59 Å². The second kappa shape index (κ2) is 66.7. The molecule has 832 valence electrons. The summed E-state index contributed by atoms with van der Waals surface area (Å²) in [6.45, 7) is 35.7. The molecule has 8 fully saturated rings. The fourth-order valence-corrected chi connectivity index (χ4v) is 15.9. The van der Waals surface area contributed by atoms with Gasteiger partial charge in [-0.15, -0.1) is 0 Å². The number of amides is 2. The fraction of sp³-hybridized carbons (Fsp3) is 0.953. The van der Waals surface area contributed by atoms with Gasteiger partial charge in [0, 0.05) is 92.5 Å². The average molecular weight is 2110 g/mol. The number of nitrogens with one attached hydrogen (secondary N) is 2. The second-order valence-electron chi connectivity index (χ2n) is 36.7. The van der Waals surface area contributed by atoms with Crippen LogP contribution in [0.5, 0.6) is 0 Å². The molecule has 8 aliphatic rings. The molecule has 51 nitrogen and oxygen atoms in total.